The Bertz CT molecular complexity index is 1720. The first-order valence-corrected chi connectivity index (χ1v) is 17.0. The van der Waals surface area contributed by atoms with Crippen molar-refractivity contribution >= 4 is 21.3 Å². The van der Waals surface area contributed by atoms with E-state index in [1.807, 2.05) is 4.90 Å². The van der Waals surface area contributed by atoms with Gasteiger partial charge in [-0.2, -0.15) is 23.1 Å². The fourth-order valence-electron chi connectivity index (χ4n) is 7.61. The van der Waals surface area contributed by atoms with E-state index in [2.05, 4.69) is 21.8 Å². The van der Waals surface area contributed by atoms with Gasteiger partial charge in [0.2, 0.25) is 0 Å². The van der Waals surface area contributed by atoms with Crippen molar-refractivity contribution in [2.45, 2.75) is 86.9 Å². The van der Waals surface area contributed by atoms with E-state index < -0.39 is 78.9 Å². The van der Waals surface area contributed by atoms with Gasteiger partial charge in [-0.1, -0.05) is 5.92 Å². The summed E-state index contributed by atoms with van der Waals surface area (Å²) in [7, 11) is -4.49. The highest BCUT2D eigenvalue weighted by Gasteiger charge is 2.50. The first-order chi connectivity index (χ1) is 21.5. The number of aromatic nitrogens is 2. The number of hydrogen-bond donors (Lipinski definition) is 2. The van der Waals surface area contributed by atoms with E-state index in [-0.39, 0.29) is 42.7 Å². The molecule has 3 N–H and O–H groups in total. The third kappa shape index (κ3) is 5.88. The predicted octanol–water partition coefficient (Wildman–Crippen LogP) is 4.11. The van der Waals surface area contributed by atoms with Crippen molar-refractivity contribution in [2.24, 2.45) is 0 Å². The predicted molar refractivity (Wildman–Crippen MR) is 160 cm³/mol. The minimum atomic E-state index is -5.15. The van der Waals surface area contributed by atoms with E-state index >= 15 is 4.39 Å². The molecule has 1 aromatic carbocycles. The van der Waals surface area contributed by atoms with Crippen molar-refractivity contribution in [2.75, 3.05) is 43.4 Å². The Labute approximate surface area is 264 Å². The van der Waals surface area contributed by atoms with Gasteiger partial charge < -0.3 is 20.5 Å². The van der Waals surface area contributed by atoms with Crippen LogP contribution >= 0.6 is 0 Å². The molecule has 15 heteroatoms. The number of alkyl halides is 4. The monoisotopic (exact) mass is 669 g/mol. The summed E-state index contributed by atoms with van der Waals surface area (Å²) < 4.78 is 107. The number of benzene rings is 1. The van der Waals surface area contributed by atoms with Crippen LogP contribution < -0.4 is 15.4 Å². The third-order valence-corrected chi connectivity index (χ3v) is 11.6. The number of β-amino-alcohol motifs (C(OH)–C–C–N with tert-alkyl or cyclic N) is 1. The Morgan fingerprint density at radius 1 is 1.22 bits per heavy atom. The summed E-state index contributed by atoms with van der Waals surface area (Å²) in [6, 6.07) is 0.606. The van der Waals surface area contributed by atoms with Gasteiger partial charge in [0, 0.05) is 49.2 Å². The fraction of sp³-hybridized carbons (Fsp3) is 0.613. The quantitative estimate of drug-likeness (QED) is 0.275. The van der Waals surface area contributed by atoms with Crippen molar-refractivity contribution in [1.29, 1.82) is 0 Å². The molecule has 6 rings (SSSR count). The van der Waals surface area contributed by atoms with Gasteiger partial charge in [-0.25, -0.2) is 17.2 Å². The summed E-state index contributed by atoms with van der Waals surface area (Å²) in [6.45, 7) is 4.56. The number of fused-ring (bicyclic) bond motifs is 2. The van der Waals surface area contributed by atoms with Crippen molar-refractivity contribution < 1.29 is 40.2 Å². The lowest BCUT2D eigenvalue weighted by molar-refractivity contribution is -0.138. The smallest absolute Gasteiger partial charge is 0.418 e. The molecule has 0 aliphatic carbocycles. The van der Waals surface area contributed by atoms with Gasteiger partial charge in [0.05, 0.1) is 39.1 Å². The van der Waals surface area contributed by atoms with E-state index in [1.165, 1.54) is 6.92 Å². The lowest BCUT2D eigenvalue weighted by Crippen LogP contribution is -2.47. The number of halogens is 5. The normalized spacial score (nSPS) is 29.2. The second kappa shape index (κ2) is 11.5. The highest BCUT2D eigenvalue weighted by molar-refractivity contribution is 7.91. The number of nitrogens with zero attached hydrogens (tertiary/aromatic N) is 4. The topological polar surface area (TPSA) is 122 Å². The molecule has 0 bridgehead atoms. The van der Waals surface area contributed by atoms with E-state index in [0.717, 1.165) is 19.0 Å². The number of sulfone groups is 1. The third-order valence-electron chi connectivity index (χ3n) is 9.61. The summed E-state index contributed by atoms with van der Waals surface area (Å²) in [5.41, 5.74) is 0.453. The van der Waals surface area contributed by atoms with Gasteiger partial charge in [0.15, 0.2) is 15.7 Å². The van der Waals surface area contributed by atoms with Gasteiger partial charge in [0.25, 0.3) is 0 Å². The average molecular weight is 670 g/mol. The lowest BCUT2D eigenvalue weighted by atomic mass is 9.93. The van der Waals surface area contributed by atoms with Gasteiger partial charge >= 0.3 is 12.2 Å². The molecule has 1 aromatic heterocycles. The van der Waals surface area contributed by atoms with Crippen LogP contribution in [0.4, 0.5) is 33.5 Å². The van der Waals surface area contributed by atoms with E-state index in [0.29, 0.717) is 32.4 Å². The molecule has 4 aliphatic rings. The largest absolute Gasteiger partial charge is 0.461 e. The molecule has 250 valence electrons. The molecule has 4 atom stereocenters. The standard InChI is InChI=1S/C31H36F5N5O4S/c1-3-6-18-11-21(37)26(33)24(25(18)31(34,35)36)23-12-22-20(15-46(23,43)44)27(40-9-4-7-29(2,42)16-40)39-28(38-22)45-17-30-8-5-10-41(30)14-19(32)13-30/h11,19,23,42H,4-5,7-10,12-17,37H2,1-2H3/t19-,23-,29-,30+/m1/s1. The van der Waals surface area contributed by atoms with Gasteiger partial charge in [-0.05, 0) is 52.1 Å². The molecular formula is C31H36F5N5O4S. The Hall–Kier alpha value is -3.22. The maximum Gasteiger partial charge on any atom is 0.418 e. The molecular weight excluding hydrogens is 633 g/mol. The zero-order valence-electron chi connectivity index (χ0n) is 25.6. The molecule has 5 heterocycles. The molecule has 0 radical (unpaired) electrons. The molecule has 0 amide bonds. The Morgan fingerprint density at radius 2 is 1.96 bits per heavy atom. The lowest BCUT2D eigenvalue weighted by Gasteiger charge is -2.39. The summed E-state index contributed by atoms with van der Waals surface area (Å²) >= 11 is 0. The van der Waals surface area contributed by atoms with Gasteiger partial charge in [0.1, 0.15) is 18.6 Å². The SMILES string of the molecule is CC#Cc1cc(N)c(F)c([C@H]2Cc3nc(OC[C@@]45CCCN4C[C@H](F)C5)nc(N4CCC[C@@](C)(O)C4)c3CS2(=O)=O)c1C(F)(F)F. The molecule has 46 heavy (non-hydrogen) atoms. The zero-order chi connectivity index (χ0) is 33.2. The number of aliphatic hydroxyl groups is 1. The second-order valence-corrected chi connectivity index (χ2v) is 15.3. The highest BCUT2D eigenvalue weighted by atomic mass is 32.2. The Balaban J connectivity index is 1.47. The molecule has 0 spiro atoms. The van der Waals surface area contributed by atoms with E-state index in [1.54, 1.807) is 11.8 Å². The minimum absolute atomic E-state index is 0.0617. The zero-order valence-corrected chi connectivity index (χ0v) is 26.4. The number of hydrogen-bond acceptors (Lipinski definition) is 9. The average Bonchev–Trinajstić information content (AvgIpc) is 3.47. The van der Waals surface area contributed by atoms with Gasteiger partial charge in [-0.15, -0.1) is 5.92 Å². The molecule has 2 aromatic rings. The van der Waals surface area contributed by atoms with Crippen LogP contribution in [0.3, 0.4) is 0 Å². The first-order valence-electron chi connectivity index (χ1n) is 15.3. The number of rotatable bonds is 5. The van der Waals surface area contributed by atoms with Crippen LogP contribution in [0.15, 0.2) is 6.07 Å². The number of ether oxygens (including phenoxy) is 1. The van der Waals surface area contributed by atoms with Crippen LogP contribution in [0.1, 0.15) is 79.1 Å². The molecule has 4 aliphatic heterocycles. The Kier molecular flexibility index (Phi) is 8.17. The highest BCUT2D eigenvalue weighted by Crippen LogP contribution is 2.47. The van der Waals surface area contributed by atoms with Crippen molar-refractivity contribution in [3.05, 3.63) is 39.8 Å². The molecule has 9 nitrogen and oxygen atoms in total. The van der Waals surface area contributed by atoms with Crippen LogP contribution in [0.25, 0.3) is 0 Å². The summed E-state index contributed by atoms with van der Waals surface area (Å²) in [6.07, 6.45) is -3.85. The minimum Gasteiger partial charge on any atom is -0.461 e. The van der Waals surface area contributed by atoms with Crippen LogP contribution in [0.5, 0.6) is 6.01 Å². The number of anilines is 2. The maximum absolute atomic E-state index is 15.6. The van der Waals surface area contributed by atoms with Crippen LogP contribution in [-0.4, -0.2) is 78.5 Å². The number of nitrogen functional groups attached to an aromatic ring is 1. The first kappa shape index (κ1) is 32.7. The number of nitrogens with two attached hydrogens (primary N) is 1. The maximum atomic E-state index is 15.6. The summed E-state index contributed by atoms with van der Waals surface area (Å²) in [4.78, 5) is 12.8. The van der Waals surface area contributed by atoms with Crippen LogP contribution in [-0.2, 0) is 28.2 Å². The van der Waals surface area contributed by atoms with E-state index in [9.17, 15) is 31.1 Å². The molecule has 3 fully saturated rings. The van der Waals surface area contributed by atoms with Crippen molar-refractivity contribution in [3.8, 4) is 17.9 Å². The van der Waals surface area contributed by atoms with Crippen LogP contribution in [0.2, 0.25) is 0 Å². The summed E-state index contributed by atoms with van der Waals surface area (Å²) in [5, 5.41) is 8.85. The van der Waals surface area contributed by atoms with Crippen molar-refractivity contribution in [3.63, 3.8) is 0 Å². The number of piperidine rings is 1. The second-order valence-electron chi connectivity index (χ2n) is 13.1. The van der Waals surface area contributed by atoms with E-state index in [4.69, 9.17) is 10.5 Å². The molecule has 0 unspecified atom stereocenters. The van der Waals surface area contributed by atoms with Crippen molar-refractivity contribution in [1.82, 2.24) is 14.9 Å². The summed E-state index contributed by atoms with van der Waals surface area (Å²) in [5.74, 6) is 2.57. The van der Waals surface area contributed by atoms with Crippen LogP contribution in [0, 0.1) is 17.7 Å². The van der Waals surface area contributed by atoms with Gasteiger partial charge in [-0.3, -0.25) is 4.90 Å². The Morgan fingerprint density at radius 3 is 2.65 bits per heavy atom. The molecule has 0 saturated carbocycles. The fourth-order valence-corrected chi connectivity index (χ4v) is 9.51. The molecule has 3 saturated heterocycles.